The molecule has 1 atom stereocenters. The van der Waals surface area contributed by atoms with Crippen molar-refractivity contribution >= 4 is 15.7 Å². The topological polar surface area (TPSA) is 91.9 Å². The van der Waals surface area contributed by atoms with Crippen molar-refractivity contribution in [3.63, 3.8) is 0 Å². The van der Waals surface area contributed by atoms with Crippen LogP contribution in [0.15, 0.2) is 30.3 Å². The lowest BCUT2D eigenvalue weighted by Crippen LogP contribution is -2.30. The molecule has 0 saturated carbocycles. The molecular formula is C16H19N3O3S. The molecule has 1 fully saturated rings. The van der Waals surface area contributed by atoms with E-state index in [0.717, 1.165) is 11.1 Å². The van der Waals surface area contributed by atoms with Gasteiger partial charge in [-0.05, 0) is 25.3 Å². The van der Waals surface area contributed by atoms with Gasteiger partial charge < -0.3 is 5.32 Å². The summed E-state index contributed by atoms with van der Waals surface area (Å²) >= 11 is 0. The third-order valence-corrected chi connectivity index (χ3v) is 5.88. The summed E-state index contributed by atoms with van der Waals surface area (Å²) in [5, 5.41) is 9.67. The highest BCUT2D eigenvalue weighted by molar-refractivity contribution is 7.91. The number of aryl methyl sites for hydroxylation is 1. The van der Waals surface area contributed by atoms with Crippen molar-refractivity contribution in [3.05, 3.63) is 41.6 Å². The van der Waals surface area contributed by atoms with Gasteiger partial charge in [0.05, 0.1) is 17.2 Å². The number of hydrogen-bond donors (Lipinski definition) is 2. The lowest BCUT2D eigenvalue weighted by molar-refractivity contribution is 0.0943. The van der Waals surface area contributed by atoms with Crippen LogP contribution in [-0.2, 0) is 9.84 Å². The number of aromatic nitrogens is 2. The normalized spacial score (nSPS) is 19.6. The van der Waals surface area contributed by atoms with Gasteiger partial charge in [0, 0.05) is 12.1 Å². The molecule has 0 bridgehead atoms. The Balaban J connectivity index is 1.61. The summed E-state index contributed by atoms with van der Waals surface area (Å²) in [4.78, 5) is 12.1. The molecule has 0 radical (unpaired) electrons. The number of aromatic amines is 1. The van der Waals surface area contributed by atoms with E-state index in [0.29, 0.717) is 24.4 Å². The van der Waals surface area contributed by atoms with Crippen molar-refractivity contribution in [1.29, 1.82) is 0 Å². The van der Waals surface area contributed by atoms with E-state index in [1.165, 1.54) is 0 Å². The van der Waals surface area contributed by atoms with Crippen LogP contribution in [0.1, 0.15) is 22.5 Å². The van der Waals surface area contributed by atoms with E-state index in [-0.39, 0.29) is 23.3 Å². The maximum atomic E-state index is 12.1. The minimum atomic E-state index is -2.91. The first-order valence-electron chi connectivity index (χ1n) is 7.54. The standard InChI is InChI=1S/C16H19N3O3S/c1-11-2-4-13(5-3-11)14-8-15(19-18-14)16(20)17-9-12-6-7-23(21,22)10-12/h2-5,8,12H,6-7,9-10H2,1H3,(H,17,20)(H,18,19)/t12-/m0/s1. The minimum absolute atomic E-state index is 0.00319. The molecule has 23 heavy (non-hydrogen) atoms. The van der Waals surface area contributed by atoms with E-state index in [1.807, 2.05) is 31.2 Å². The Morgan fingerprint density at radius 2 is 2.09 bits per heavy atom. The Morgan fingerprint density at radius 3 is 2.74 bits per heavy atom. The monoisotopic (exact) mass is 333 g/mol. The van der Waals surface area contributed by atoms with Gasteiger partial charge in [-0.2, -0.15) is 5.10 Å². The highest BCUT2D eigenvalue weighted by atomic mass is 32.2. The van der Waals surface area contributed by atoms with Gasteiger partial charge >= 0.3 is 0 Å². The van der Waals surface area contributed by atoms with Crippen LogP contribution in [0.4, 0.5) is 0 Å². The smallest absolute Gasteiger partial charge is 0.269 e. The molecule has 0 unspecified atom stereocenters. The number of sulfone groups is 1. The average molecular weight is 333 g/mol. The number of H-pyrrole nitrogens is 1. The summed E-state index contributed by atoms with van der Waals surface area (Å²) in [5.74, 6) is 0.114. The fraction of sp³-hybridized carbons (Fsp3) is 0.375. The van der Waals surface area contributed by atoms with E-state index >= 15 is 0 Å². The Morgan fingerprint density at radius 1 is 1.35 bits per heavy atom. The maximum absolute atomic E-state index is 12.1. The van der Waals surface area contributed by atoms with Gasteiger partial charge in [0.25, 0.3) is 5.91 Å². The van der Waals surface area contributed by atoms with E-state index in [4.69, 9.17) is 0 Å². The van der Waals surface area contributed by atoms with Crippen LogP contribution in [0, 0.1) is 12.8 Å². The maximum Gasteiger partial charge on any atom is 0.269 e. The van der Waals surface area contributed by atoms with Crippen LogP contribution >= 0.6 is 0 Å². The SMILES string of the molecule is Cc1ccc(-c2cc(C(=O)NC[C@@H]3CCS(=O)(=O)C3)[nH]n2)cc1. The highest BCUT2D eigenvalue weighted by Gasteiger charge is 2.28. The second-order valence-electron chi connectivity index (χ2n) is 6.01. The molecule has 0 aliphatic carbocycles. The summed E-state index contributed by atoms with van der Waals surface area (Å²) in [5.41, 5.74) is 3.18. The predicted octanol–water partition coefficient (Wildman–Crippen LogP) is 1.55. The second-order valence-corrected chi connectivity index (χ2v) is 8.24. The Hall–Kier alpha value is -2.15. The molecule has 1 aromatic heterocycles. The van der Waals surface area contributed by atoms with Gasteiger partial charge in [0.1, 0.15) is 5.69 Å². The van der Waals surface area contributed by atoms with Gasteiger partial charge in [-0.25, -0.2) is 8.42 Å². The first kappa shape index (κ1) is 15.7. The second kappa shape index (κ2) is 6.16. The van der Waals surface area contributed by atoms with Crippen LogP contribution < -0.4 is 5.32 Å². The minimum Gasteiger partial charge on any atom is -0.350 e. The number of carbonyl (C=O) groups is 1. The van der Waals surface area contributed by atoms with Crippen LogP contribution in [0.5, 0.6) is 0 Å². The van der Waals surface area contributed by atoms with Crippen molar-refractivity contribution in [1.82, 2.24) is 15.5 Å². The fourth-order valence-electron chi connectivity index (χ4n) is 2.68. The fourth-order valence-corrected chi connectivity index (χ4v) is 4.54. The van der Waals surface area contributed by atoms with Crippen molar-refractivity contribution in [3.8, 4) is 11.3 Å². The lowest BCUT2D eigenvalue weighted by Gasteiger charge is -2.08. The number of carbonyl (C=O) groups excluding carboxylic acids is 1. The molecule has 0 spiro atoms. The molecule has 6 nitrogen and oxygen atoms in total. The van der Waals surface area contributed by atoms with Crippen molar-refractivity contribution < 1.29 is 13.2 Å². The number of benzene rings is 1. The van der Waals surface area contributed by atoms with Gasteiger partial charge in [-0.1, -0.05) is 29.8 Å². The number of hydrogen-bond acceptors (Lipinski definition) is 4. The molecule has 1 aliphatic heterocycles. The van der Waals surface area contributed by atoms with Crippen LogP contribution in [0.25, 0.3) is 11.3 Å². The number of amides is 1. The quantitative estimate of drug-likeness (QED) is 0.888. The summed E-state index contributed by atoms with van der Waals surface area (Å²) in [7, 11) is -2.91. The molecular weight excluding hydrogens is 314 g/mol. The lowest BCUT2D eigenvalue weighted by atomic mass is 10.1. The summed E-state index contributed by atoms with van der Waals surface area (Å²) in [6.07, 6.45) is 0.611. The van der Waals surface area contributed by atoms with Gasteiger partial charge in [-0.15, -0.1) is 0 Å². The number of nitrogens with one attached hydrogen (secondary N) is 2. The third kappa shape index (κ3) is 3.79. The molecule has 1 saturated heterocycles. The zero-order valence-corrected chi connectivity index (χ0v) is 13.7. The zero-order valence-electron chi connectivity index (χ0n) is 12.9. The Labute approximate surface area is 135 Å². The molecule has 1 aromatic carbocycles. The third-order valence-electron chi connectivity index (χ3n) is 4.05. The first-order valence-corrected chi connectivity index (χ1v) is 9.36. The van der Waals surface area contributed by atoms with Crippen LogP contribution in [0.3, 0.4) is 0 Å². The predicted molar refractivity (Wildman–Crippen MR) is 87.9 cm³/mol. The highest BCUT2D eigenvalue weighted by Crippen LogP contribution is 2.19. The van der Waals surface area contributed by atoms with E-state index in [2.05, 4.69) is 15.5 Å². The van der Waals surface area contributed by atoms with Crippen LogP contribution in [0.2, 0.25) is 0 Å². The molecule has 1 amide bonds. The average Bonchev–Trinajstić information content (AvgIpc) is 3.12. The largest absolute Gasteiger partial charge is 0.350 e. The van der Waals surface area contributed by atoms with E-state index in [9.17, 15) is 13.2 Å². The molecule has 1 aliphatic rings. The van der Waals surface area contributed by atoms with Crippen molar-refractivity contribution in [2.24, 2.45) is 5.92 Å². The van der Waals surface area contributed by atoms with E-state index < -0.39 is 9.84 Å². The summed E-state index contributed by atoms with van der Waals surface area (Å²) in [6.45, 7) is 2.38. The van der Waals surface area contributed by atoms with Gasteiger partial charge in [-0.3, -0.25) is 9.89 Å². The zero-order chi connectivity index (χ0) is 16.4. The molecule has 2 aromatic rings. The molecule has 2 N–H and O–H groups in total. The molecule has 7 heteroatoms. The van der Waals surface area contributed by atoms with Crippen LogP contribution in [-0.4, -0.2) is 42.6 Å². The molecule has 122 valence electrons. The summed E-state index contributed by atoms with van der Waals surface area (Å²) < 4.78 is 22.8. The van der Waals surface area contributed by atoms with Crippen molar-refractivity contribution in [2.45, 2.75) is 13.3 Å². The Kier molecular flexibility index (Phi) is 4.21. The first-order chi connectivity index (χ1) is 10.9. The molecule has 2 heterocycles. The van der Waals surface area contributed by atoms with Gasteiger partial charge in [0.15, 0.2) is 9.84 Å². The number of rotatable bonds is 4. The number of nitrogens with zero attached hydrogens (tertiary/aromatic N) is 1. The molecule has 3 rings (SSSR count). The Bertz CT molecular complexity index is 809. The van der Waals surface area contributed by atoms with E-state index in [1.54, 1.807) is 6.07 Å². The van der Waals surface area contributed by atoms with Crippen molar-refractivity contribution in [2.75, 3.05) is 18.1 Å². The van der Waals surface area contributed by atoms with Gasteiger partial charge in [0.2, 0.25) is 0 Å². The summed E-state index contributed by atoms with van der Waals surface area (Å²) in [6, 6.07) is 9.59.